The largest absolute Gasteiger partial charge is 0.369 e. The SMILES string of the molecule is CN1CCN(c2ccc3c(c2)[nH]c2c(CC(N)=O)cc(Br)nc23)CC1. The first kappa shape index (κ1) is 16.4. The van der Waals surface area contributed by atoms with Gasteiger partial charge < -0.3 is 20.5 Å². The summed E-state index contributed by atoms with van der Waals surface area (Å²) in [6.07, 6.45) is 0.190. The van der Waals surface area contributed by atoms with E-state index < -0.39 is 0 Å². The van der Waals surface area contributed by atoms with E-state index in [0.29, 0.717) is 4.60 Å². The first-order chi connectivity index (χ1) is 12.0. The predicted molar refractivity (Wildman–Crippen MR) is 104 cm³/mol. The van der Waals surface area contributed by atoms with Crippen LogP contribution in [0, 0.1) is 0 Å². The molecule has 2 aromatic heterocycles. The molecule has 1 saturated heterocycles. The highest BCUT2D eigenvalue weighted by molar-refractivity contribution is 9.10. The van der Waals surface area contributed by atoms with Crippen molar-refractivity contribution in [3.63, 3.8) is 0 Å². The Hall–Kier alpha value is -2.12. The highest BCUT2D eigenvalue weighted by Gasteiger charge is 2.17. The fourth-order valence-electron chi connectivity index (χ4n) is 3.46. The number of benzene rings is 1. The zero-order chi connectivity index (χ0) is 17.6. The third-order valence-electron chi connectivity index (χ3n) is 4.82. The molecule has 1 fully saturated rings. The number of likely N-dealkylation sites (N-methyl/N-ethyl adjacent to an activating group) is 1. The summed E-state index contributed by atoms with van der Waals surface area (Å²) in [5, 5.41) is 1.06. The minimum absolute atomic E-state index is 0.190. The summed E-state index contributed by atoms with van der Waals surface area (Å²) in [6, 6.07) is 8.28. The van der Waals surface area contributed by atoms with Gasteiger partial charge in [-0.1, -0.05) is 0 Å². The van der Waals surface area contributed by atoms with Crippen LogP contribution in [0.1, 0.15) is 5.56 Å². The highest BCUT2D eigenvalue weighted by atomic mass is 79.9. The molecule has 4 rings (SSSR count). The topological polar surface area (TPSA) is 78.2 Å². The van der Waals surface area contributed by atoms with Gasteiger partial charge in [-0.05, 0) is 52.8 Å². The first-order valence-electron chi connectivity index (χ1n) is 8.34. The number of piperazine rings is 1. The number of carbonyl (C=O) groups excluding carboxylic acids is 1. The van der Waals surface area contributed by atoms with E-state index in [-0.39, 0.29) is 12.3 Å². The van der Waals surface area contributed by atoms with Crippen molar-refractivity contribution in [1.82, 2.24) is 14.9 Å². The number of primary amides is 1. The van der Waals surface area contributed by atoms with Gasteiger partial charge in [-0.2, -0.15) is 0 Å². The summed E-state index contributed by atoms with van der Waals surface area (Å²) in [6.45, 7) is 4.20. The number of fused-ring (bicyclic) bond motifs is 3. The van der Waals surface area contributed by atoms with E-state index in [9.17, 15) is 4.79 Å². The number of carbonyl (C=O) groups is 1. The molecule has 0 spiro atoms. The Morgan fingerprint density at radius 3 is 2.76 bits per heavy atom. The van der Waals surface area contributed by atoms with Gasteiger partial charge >= 0.3 is 0 Å². The Balaban J connectivity index is 1.80. The van der Waals surface area contributed by atoms with Crippen molar-refractivity contribution in [3.8, 4) is 0 Å². The summed E-state index contributed by atoms with van der Waals surface area (Å²) in [7, 11) is 2.15. The summed E-state index contributed by atoms with van der Waals surface area (Å²) in [5.41, 5.74) is 10.2. The molecule has 1 aromatic carbocycles. The summed E-state index contributed by atoms with van der Waals surface area (Å²) < 4.78 is 0.709. The van der Waals surface area contributed by atoms with Crippen LogP contribution < -0.4 is 10.6 Å². The van der Waals surface area contributed by atoms with Crippen molar-refractivity contribution in [2.75, 3.05) is 38.1 Å². The minimum Gasteiger partial charge on any atom is -0.369 e. The van der Waals surface area contributed by atoms with Crippen LogP contribution in [0.3, 0.4) is 0 Å². The molecule has 0 bridgehead atoms. The standard InChI is InChI=1S/C18H20BrN5O/c1-23-4-6-24(7-5-23)12-2-3-13-14(10-12)21-17-11(9-16(20)25)8-15(19)22-18(13)17/h2-3,8,10,21H,4-7,9H2,1H3,(H2,20,25). The van der Waals surface area contributed by atoms with E-state index in [4.69, 9.17) is 5.73 Å². The van der Waals surface area contributed by atoms with Gasteiger partial charge in [0.2, 0.25) is 5.91 Å². The molecule has 0 aliphatic carbocycles. The van der Waals surface area contributed by atoms with Gasteiger partial charge in [0, 0.05) is 37.3 Å². The zero-order valence-corrected chi connectivity index (χ0v) is 15.6. The number of aromatic nitrogens is 2. The van der Waals surface area contributed by atoms with Crippen molar-refractivity contribution in [1.29, 1.82) is 0 Å². The number of H-pyrrole nitrogens is 1. The maximum Gasteiger partial charge on any atom is 0.221 e. The molecule has 1 amide bonds. The minimum atomic E-state index is -0.351. The predicted octanol–water partition coefficient (Wildman–Crippen LogP) is 2.26. The van der Waals surface area contributed by atoms with E-state index in [1.165, 1.54) is 5.69 Å². The quantitative estimate of drug-likeness (QED) is 0.659. The van der Waals surface area contributed by atoms with Crippen molar-refractivity contribution >= 4 is 49.5 Å². The molecule has 0 atom stereocenters. The van der Waals surface area contributed by atoms with Crippen molar-refractivity contribution in [3.05, 3.63) is 34.4 Å². The number of pyridine rings is 1. The van der Waals surface area contributed by atoms with Crippen LogP contribution in [0.4, 0.5) is 5.69 Å². The highest BCUT2D eigenvalue weighted by Crippen LogP contribution is 2.31. The van der Waals surface area contributed by atoms with E-state index in [2.05, 4.69) is 60.9 Å². The van der Waals surface area contributed by atoms with Crippen LogP contribution in [0.15, 0.2) is 28.9 Å². The Kier molecular flexibility index (Phi) is 4.13. The molecule has 0 saturated carbocycles. The number of hydrogen-bond acceptors (Lipinski definition) is 4. The van der Waals surface area contributed by atoms with Crippen LogP contribution >= 0.6 is 15.9 Å². The number of amides is 1. The fourth-order valence-corrected chi connectivity index (χ4v) is 3.92. The smallest absolute Gasteiger partial charge is 0.221 e. The lowest BCUT2D eigenvalue weighted by atomic mass is 10.1. The molecule has 130 valence electrons. The lowest BCUT2D eigenvalue weighted by molar-refractivity contribution is -0.117. The fraction of sp³-hybridized carbons (Fsp3) is 0.333. The molecule has 25 heavy (non-hydrogen) atoms. The molecule has 7 heteroatoms. The summed E-state index contributed by atoms with van der Waals surface area (Å²) >= 11 is 3.44. The Morgan fingerprint density at radius 2 is 2.04 bits per heavy atom. The number of nitrogens with one attached hydrogen (secondary N) is 1. The van der Waals surface area contributed by atoms with Gasteiger partial charge in [-0.3, -0.25) is 4.79 Å². The average Bonchev–Trinajstić information content (AvgIpc) is 2.93. The lowest BCUT2D eigenvalue weighted by Crippen LogP contribution is -2.44. The second-order valence-electron chi connectivity index (χ2n) is 6.62. The van der Waals surface area contributed by atoms with Crippen LogP contribution in [0.2, 0.25) is 0 Å². The molecule has 6 nitrogen and oxygen atoms in total. The van der Waals surface area contributed by atoms with Crippen molar-refractivity contribution < 1.29 is 4.79 Å². The lowest BCUT2D eigenvalue weighted by Gasteiger charge is -2.34. The van der Waals surface area contributed by atoms with Gasteiger partial charge in [0.15, 0.2) is 0 Å². The van der Waals surface area contributed by atoms with Gasteiger partial charge in [0.05, 0.1) is 23.0 Å². The third-order valence-corrected chi connectivity index (χ3v) is 5.23. The first-order valence-corrected chi connectivity index (χ1v) is 9.13. The average molecular weight is 402 g/mol. The third kappa shape index (κ3) is 3.09. The van der Waals surface area contributed by atoms with Crippen molar-refractivity contribution in [2.45, 2.75) is 6.42 Å². The molecule has 0 radical (unpaired) electrons. The number of hydrogen-bond donors (Lipinski definition) is 2. The second kappa shape index (κ2) is 6.31. The van der Waals surface area contributed by atoms with E-state index in [0.717, 1.165) is 53.7 Å². The van der Waals surface area contributed by atoms with Gasteiger partial charge in [-0.15, -0.1) is 0 Å². The molecular weight excluding hydrogens is 382 g/mol. The molecule has 3 aromatic rings. The number of aromatic amines is 1. The van der Waals surface area contributed by atoms with Crippen LogP contribution in [0.5, 0.6) is 0 Å². The normalized spacial score (nSPS) is 16.0. The van der Waals surface area contributed by atoms with Crippen LogP contribution in [-0.2, 0) is 11.2 Å². The molecule has 1 aliphatic heterocycles. The monoisotopic (exact) mass is 401 g/mol. The summed E-state index contributed by atoms with van der Waals surface area (Å²) in [5.74, 6) is -0.351. The Morgan fingerprint density at radius 1 is 1.28 bits per heavy atom. The van der Waals surface area contributed by atoms with E-state index >= 15 is 0 Å². The van der Waals surface area contributed by atoms with Crippen LogP contribution in [-0.4, -0.2) is 54.0 Å². The molecule has 0 unspecified atom stereocenters. The number of anilines is 1. The molecule has 1 aliphatic rings. The number of rotatable bonds is 3. The number of halogens is 1. The van der Waals surface area contributed by atoms with E-state index in [1.807, 2.05) is 6.07 Å². The van der Waals surface area contributed by atoms with Gasteiger partial charge in [0.1, 0.15) is 4.60 Å². The van der Waals surface area contributed by atoms with E-state index in [1.54, 1.807) is 0 Å². The van der Waals surface area contributed by atoms with Gasteiger partial charge in [-0.25, -0.2) is 4.98 Å². The summed E-state index contributed by atoms with van der Waals surface area (Å²) in [4.78, 5) is 24.2. The number of nitrogens with zero attached hydrogens (tertiary/aromatic N) is 3. The number of nitrogens with two attached hydrogens (primary N) is 1. The zero-order valence-electron chi connectivity index (χ0n) is 14.1. The molecular formula is C18H20BrN5O. The van der Waals surface area contributed by atoms with Crippen LogP contribution in [0.25, 0.3) is 21.9 Å². The van der Waals surface area contributed by atoms with Crippen molar-refractivity contribution in [2.24, 2.45) is 5.73 Å². The Bertz CT molecular complexity index is 959. The maximum absolute atomic E-state index is 11.4. The molecule has 3 heterocycles. The van der Waals surface area contributed by atoms with Gasteiger partial charge in [0.25, 0.3) is 0 Å². The maximum atomic E-state index is 11.4. The molecule has 3 N–H and O–H groups in total. The Labute approximate surface area is 154 Å². The second-order valence-corrected chi connectivity index (χ2v) is 7.43.